The first kappa shape index (κ1) is 18.9. The van der Waals surface area contributed by atoms with Gasteiger partial charge in [-0.05, 0) is 36.8 Å². The number of ether oxygens (including phenoxy) is 1. The summed E-state index contributed by atoms with van der Waals surface area (Å²) in [5.74, 6) is -0.244. The van der Waals surface area contributed by atoms with Crippen molar-refractivity contribution in [1.29, 1.82) is 0 Å². The van der Waals surface area contributed by atoms with Crippen molar-refractivity contribution in [3.63, 3.8) is 0 Å². The number of hydrogen-bond acceptors (Lipinski definition) is 3. The number of para-hydroxylation sites is 1. The highest BCUT2D eigenvalue weighted by Gasteiger charge is 2.16. The van der Waals surface area contributed by atoms with Crippen molar-refractivity contribution < 1.29 is 14.3 Å². The fraction of sp³-hybridized carbons (Fsp3) is 0.474. The molecule has 0 aliphatic carbocycles. The van der Waals surface area contributed by atoms with Gasteiger partial charge in [0.25, 0.3) is 5.91 Å². The van der Waals surface area contributed by atoms with Gasteiger partial charge in [-0.15, -0.1) is 0 Å². The van der Waals surface area contributed by atoms with Crippen LogP contribution in [-0.4, -0.2) is 18.5 Å². The Bertz CT molecular complexity index is 570. The van der Waals surface area contributed by atoms with Crippen LogP contribution in [0.1, 0.15) is 64.5 Å². The maximum atomic E-state index is 12.1. The molecule has 0 aliphatic heterocycles. The van der Waals surface area contributed by atoms with E-state index in [1.807, 2.05) is 18.2 Å². The Morgan fingerprint density at radius 2 is 1.61 bits per heavy atom. The summed E-state index contributed by atoms with van der Waals surface area (Å²) in [5, 5.41) is 2.91. The summed E-state index contributed by atoms with van der Waals surface area (Å²) in [4.78, 5) is 23.6. The first-order valence-corrected chi connectivity index (χ1v) is 7.96. The lowest BCUT2D eigenvalue weighted by Crippen LogP contribution is -2.22. The Balaban J connectivity index is 2.89. The number of carbonyl (C=O) groups excluding carboxylic acids is 2. The van der Waals surface area contributed by atoms with Crippen LogP contribution >= 0.6 is 0 Å². The Hall–Kier alpha value is -2.10. The number of nitrogens with one attached hydrogen (secondary N) is 1. The number of hydrogen-bond donors (Lipinski definition) is 1. The number of anilines is 1. The average Bonchev–Trinajstić information content (AvgIpc) is 2.44. The topological polar surface area (TPSA) is 55.4 Å². The molecule has 0 aliphatic rings. The first-order chi connectivity index (χ1) is 10.7. The van der Waals surface area contributed by atoms with E-state index in [0.717, 1.165) is 22.4 Å². The van der Waals surface area contributed by atoms with Crippen LogP contribution in [0.5, 0.6) is 0 Å². The molecule has 0 heterocycles. The second-order valence-electron chi connectivity index (χ2n) is 6.50. The molecule has 4 heteroatoms. The number of esters is 1. The monoisotopic (exact) mass is 317 g/mol. The highest BCUT2D eigenvalue weighted by Crippen LogP contribution is 2.32. The SMILES string of the molecule is CC(C)=CC(=O)OCC(=O)Nc1c(C(C)C)cccc1C(C)C. The predicted octanol–water partition coefficient (Wildman–Crippen LogP) is 4.38. The molecule has 0 spiro atoms. The summed E-state index contributed by atoms with van der Waals surface area (Å²) >= 11 is 0. The van der Waals surface area contributed by atoms with Gasteiger partial charge in [0.15, 0.2) is 6.61 Å². The molecule has 1 aromatic carbocycles. The number of allylic oxidation sites excluding steroid dienone is 1. The minimum atomic E-state index is -0.499. The smallest absolute Gasteiger partial charge is 0.331 e. The maximum absolute atomic E-state index is 12.1. The molecule has 126 valence electrons. The quantitative estimate of drug-likeness (QED) is 0.625. The van der Waals surface area contributed by atoms with Gasteiger partial charge in [-0.1, -0.05) is 51.5 Å². The Morgan fingerprint density at radius 3 is 2.04 bits per heavy atom. The van der Waals surface area contributed by atoms with E-state index in [4.69, 9.17) is 4.74 Å². The van der Waals surface area contributed by atoms with Gasteiger partial charge in [0.05, 0.1) is 0 Å². The van der Waals surface area contributed by atoms with Crippen LogP contribution in [-0.2, 0) is 14.3 Å². The molecule has 4 nitrogen and oxygen atoms in total. The third-order valence-corrected chi connectivity index (χ3v) is 3.39. The average molecular weight is 317 g/mol. The molecule has 0 radical (unpaired) electrons. The van der Waals surface area contributed by atoms with Crippen molar-refractivity contribution in [3.8, 4) is 0 Å². The van der Waals surface area contributed by atoms with Crippen LogP contribution in [0.4, 0.5) is 5.69 Å². The van der Waals surface area contributed by atoms with E-state index >= 15 is 0 Å². The number of rotatable bonds is 6. The molecular weight excluding hydrogens is 290 g/mol. The number of benzene rings is 1. The van der Waals surface area contributed by atoms with E-state index in [0.29, 0.717) is 0 Å². The van der Waals surface area contributed by atoms with Crippen molar-refractivity contribution in [2.75, 3.05) is 11.9 Å². The van der Waals surface area contributed by atoms with Gasteiger partial charge in [0, 0.05) is 11.8 Å². The summed E-state index contributed by atoms with van der Waals surface area (Å²) < 4.78 is 4.96. The predicted molar refractivity (Wildman–Crippen MR) is 93.6 cm³/mol. The summed E-state index contributed by atoms with van der Waals surface area (Å²) in [5.41, 5.74) is 3.84. The molecule has 0 saturated carbocycles. The largest absolute Gasteiger partial charge is 0.452 e. The molecule has 0 bridgehead atoms. The van der Waals surface area contributed by atoms with Crippen LogP contribution in [0.2, 0.25) is 0 Å². The van der Waals surface area contributed by atoms with Crippen LogP contribution in [0.3, 0.4) is 0 Å². The molecule has 23 heavy (non-hydrogen) atoms. The molecule has 1 N–H and O–H groups in total. The van der Waals surface area contributed by atoms with Crippen LogP contribution in [0, 0.1) is 0 Å². The summed E-state index contributed by atoms with van der Waals surface area (Å²) in [6.07, 6.45) is 1.37. The Kier molecular flexibility index (Phi) is 7.01. The molecule has 0 aromatic heterocycles. The maximum Gasteiger partial charge on any atom is 0.331 e. The lowest BCUT2D eigenvalue weighted by molar-refractivity contribution is -0.142. The van der Waals surface area contributed by atoms with Gasteiger partial charge in [-0.25, -0.2) is 4.79 Å². The zero-order chi connectivity index (χ0) is 17.6. The van der Waals surface area contributed by atoms with E-state index in [9.17, 15) is 9.59 Å². The van der Waals surface area contributed by atoms with Crippen LogP contribution in [0.15, 0.2) is 29.8 Å². The lowest BCUT2D eigenvalue weighted by atomic mass is 9.92. The second kappa shape index (κ2) is 8.51. The van der Waals surface area contributed by atoms with Crippen LogP contribution < -0.4 is 5.32 Å². The zero-order valence-corrected chi connectivity index (χ0v) is 14.9. The number of carbonyl (C=O) groups is 2. The Morgan fingerprint density at radius 1 is 1.09 bits per heavy atom. The minimum Gasteiger partial charge on any atom is -0.452 e. The second-order valence-corrected chi connectivity index (χ2v) is 6.50. The van der Waals surface area contributed by atoms with Crippen molar-refractivity contribution in [3.05, 3.63) is 41.0 Å². The van der Waals surface area contributed by atoms with Crippen molar-refractivity contribution in [1.82, 2.24) is 0 Å². The molecule has 0 atom stereocenters. The standard InChI is InChI=1S/C19H27NO3/c1-12(2)10-18(22)23-11-17(21)20-19-15(13(3)4)8-7-9-16(19)14(5)6/h7-10,13-14H,11H2,1-6H3,(H,20,21). The minimum absolute atomic E-state index is 0.285. The summed E-state index contributed by atoms with van der Waals surface area (Å²) in [6, 6.07) is 6.04. The first-order valence-electron chi connectivity index (χ1n) is 7.96. The molecule has 0 saturated heterocycles. The third kappa shape index (κ3) is 5.89. The van der Waals surface area contributed by atoms with Gasteiger partial charge in [-0.3, -0.25) is 4.79 Å². The van der Waals surface area contributed by atoms with E-state index in [2.05, 4.69) is 33.0 Å². The third-order valence-electron chi connectivity index (χ3n) is 3.39. The highest BCUT2D eigenvalue weighted by molar-refractivity contribution is 5.95. The summed E-state index contributed by atoms with van der Waals surface area (Å²) in [6.45, 7) is 11.7. The van der Waals surface area contributed by atoms with E-state index in [1.165, 1.54) is 6.08 Å². The van der Waals surface area contributed by atoms with Crippen molar-refractivity contribution in [2.45, 2.75) is 53.4 Å². The van der Waals surface area contributed by atoms with Gasteiger partial charge in [-0.2, -0.15) is 0 Å². The van der Waals surface area contributed by atoms with Crippen molar-refractivity contribution >= 4 is 17.6 Å². The molecule has 1 aromatic rings. The van der Waals surface area contributed by atoms with E-state index in [1.54, 1.807) is 13.8 Å². The lowest BCUT2D eigenvalue weighted by Gasteiger charge is -2.20. The van der Waals surface area contributed by atoms with Gasteiger partial charge >= 0.3 is 5.97 Å². The zero-order valence-electron chi connectivity index (χ0n) is 14.9. The molecule has 1 rings (SSSR count). The normalized spacial score (nSPS) is 10.6. The highest BCUT2D eigenvalue weighted by atomic mass is 16.5. The van der Waals surface area contributed by atoms with Gasteiger partial charge in [0.2, 0.25) is 0 Å². The fourth-order valence-corrected chi connectivity index (χ4v) is 2.28. The van der Waals surface area contributed by atoms with E-state index in [-0.39, 0.29) is 24.3 Å². The van der Waals surface area contributed by atoms with Gasteiger partial charge in [0.1, 0.15) is 0 Å². The Labute approximate surface area is 138 Å². The molecule has 0 fully saturated rings. The molecule has 0 unspecified atom stereocenters. The number of amides is 1. The van der Waals surface area contributed by atoms with E-state index < -0.39 is 5.97 Å². The fourth-order valence-electron chi connectivity index (χ4n) is 2.28. The summed E-state index contributed by atoms with van der Waals surface area (Å²) in [7, 11) is 0. The van der Waals surface area contributed by atoms with Crippen LogP contribution in [0.25, 0.3) is 0 Å². The van der Waals surface area contributed by atoms with Crippen molar-refractivity contribution in [2.24, 2.45) is 0 Å². The molecular formula is C19H27NO3. The van der Waals surface area contributed by atoms with Gasteiger partial charge < -0.3 is 10.1 Å². The molecule has 1 amide bonds.